The maximum Gasteiger partial charge on any atom is 0.136 e. The van der Waals surface area contributed by atoms with E-state index in [1.807, 2.05) is 11.8 Å². The summed E-state index contributed by atoms with van der Waals surface area (Å²) in [7, 11) is 0. The highest BCUT2D eigenvalue weighted by Gasteiger charge is 2.46. The highest BCUT2D eigenvalue weighted by molar-refractivity contribution is 8.00. The fraction of sp³-hybridized carbons (Fsp3) is 1.00. The molecule has 3 fully saturated rings. The van der Waals surface area contributed by atoms with E-state index >= 15 is 0 Å². The molecule has 0 aromatic carbocycles. The zero-order valence-corrected chi connectivity index (χ0v) is 13.6. The molecule has 6 nitrogen and oxygen atoms in total. The second-order valence-corrected chi connectivity index (χ2v) is 8.11. The predicted octanol–water partition coefficient (Wildman–Crippen LogP) is 0.521. The van der Waals surface area contributed by atoms with E-state index in [-0.39, 0.29) is 0 Å². The van der Waals surface area contributed by atoms with Crippen LogP contribution in [0.3, 0.4) is 0 Å². The molecule has 5 atom stereocenters. The van der Waals surface area contributed by atoms with Gasteiger partial charge in [0.2, 0.25) is 0 Å². The van der Waals surface area contributed by atoms with Crippen LogP contribution in [-0.2, 0) is 0 Å². The second kappa shape index (κ2) is 6.08. The van der Waals surface area contributed by atoms with Crippen molar-refractivity contribution in [2.45, 2.75) is 69.7 Å². The van der Waals surface area contributed by atoms with Crippen molar-refractivity contribution in [2.24, 2.45) is 11.8 Å². The molecule has 0 spiro atoms. The van der Waals surface area contributed by atoms with Crippen molar-refractivity contribution in [3.05, 3.63) is 0 Å². The van der Waals surface area contributed by atoms with Gasteiger partial charge in [0.15, 0.2) is 0 Å². The van der Waals surface area contributed by atoms with Gasteiger partial charge in [0, 0.05) is 12.1 Å². The topological polar surface area (TPSA) is 63.4 Å². The number of hydrogen-bond acceptors (Lipinski definition) is 7. The molecular weight excluding hydrogens is 272 g/mol. The Labute approximate surface area is 126 Å². The highest BCUT2D eigenvalue weighted by atomic mass is 32.2. The Bertz CT molecular complexity index is 339. The lowest BCUT2D eigenvalue weighted by molar-refractivity contribution is 0.119. The van der Waals surface area contributed by atoms with Crippen LogP contribution < -0.4 is 27.1 Å². The Balaban J connectivity index is 1.54. The smallest absolute Gasteiger partial charge is 0.136 e. The number of fused-ring (bicyclic) bond motifs is 1. The minimum atomic E-state index is 0.332. The van der Waals surface area contributed by atoms with Gasteiger partial charge < -0.3 is 0 Å². The Hall–Kier alpha value is 0.110. The lowest BCUT2D eigenvalue weighted by Gasteiger charge is -2.26. The molecule has 20 heavy (non-hydrogen) atoms. The monoisotopic (exact) mass is 300 g/mol. The molecule has 116 valence electrons. The Morgan fingerprint density at radius 3 is 2.60 bits per heavy atom. The zero-order chi connectivity index (χ0) is 14.3. The van der Waals surface area contributed by atoms with Gasteiger partial charge in [-0.1, -0.05) is 27.7 Å². The van der Waals surface area contributed by atoms with Crippen molar-refractivity contribution in [1.82, 2.24) is 32.1 Å². The van der Waals surface area contributed by atoms with Crippen LogP contribution in [0, 0.1) is 11.8 Å². The van der Waals surface area contributed by atoms with Gasteiger partial charge in [0.1, 0.15) is 5.50 Å². The van der Waals surface area contributed by atoms with E-state index in [1.54, 1.807) is 0 Å². The molecule has 0 amide bonds. The molecule has 0 radical (unpaired) electrons. The van der Waals surface area contributed by atoms with E-state index in [0.29, 0.717) is 35.0 Å². The van der Waals surface area contributed by atoms with Crippen molar-refractivity contribution < 1.29 is 0 Å². The number of hydrazine groups is 3. The van der Waals surface area contributed by atoms with Gasteiger partial charge in [-0.05, 0) is 24.7 Å². The van der Waals surface area contributed by atoms with Crippen molar-refractivity contribution in [3.63, 3.8) is 0 Å². The lowest BCUT2D eigenvalue weighted by Crippen LogP contribution is -2.52. The van der Waals surface area contributed by atoms with Gasteiger partial charge in [-0.3, -0.25) is 10.9 Å². The Kier molecular flexibility index (Phi) is 4.57. The Morgan fingerprint density at radius 1 is 1.10 bits per heavy atom. The molecule has 3 saturated heterocycles. The minimum Gasteiger partial charge on any atom is -0.254 e. The van der Waals surface area contributed by atoms with E-state index in [2.05, 4.69) is 59.8 Å². The molecule has 0 aliphatic carbocycles. The molecule has 3 rings (SSSR count). The van der Waals surface area contributed by atoms with Crippen molar-refractivity contribution in [1.29, 1.82) is 0 Å². The normalized spacial score (nSPS) is 42.0. The molecule has 5 N–H and O–H groups in total. The molecule has 5 unspecified atom stereocenters. The van der Waals surface area contributed by atoms with Gasteiger partial charge in [-0.2, -0.15) is 5.01 Å². The van der Waals surface area contributed by atoms with Crippen molar-refractivity contribution in [2.75, 3.05) is 0 Å². The van der Waals surface area contributed by atoms with E-state index in [1.165, 1.54) is 12.8 Å². The average Bonchev–Trinajstić information content (AvgIpc) is 2.99. The van der Waals surface area contributed by atoms with Gasteiger partial charge in [0.25, 0.3) is 0 Å². The summed E-state index contributed by atoms with van der Waals surface area (Å²) in [6.45, 7) is 9.07. The molecular formula is C13H28N6S. The summed E-state index contributed by atoms with van der Waals surface area (Å²) >= 11 is 1.96. The van der Waals surface area contributed by atoms with Gasteiger partial charge in [0.05, 0.1) is 11.5 Å². The average molecular weight is 300 g/mol. The third-order valence-electron chi connectivity index (χ3n) is 4.22. The molecule has 7 heteroatoms. The molecule has 0 aromatic rings. The van der Waals surface area contributed by atoms with Crippen LogP contribution in [0.1, 0.15) is 40.5 Å². The number of thioether (sulfide) groups is 1. The van der Waals surface area contributed by atoms with Crippen molar-refractivity contribution in [3.8, 4) is 0 Å². The molecule has 3 heterocycles. The largest absolute Gasteiger partial charge is 0.254 e. The first-order valence-corrected chi connectivity index (χ1v) is 8.71. The Morgan fingerprint density at radius 2 is 1.90 bits per heavy atom. The summed E-state index contributed by atoms with van der Waals surface area (Å²) in [6, 6.07) is 1.09. The standard InChI is InChI=1S/C13H28N6S/c1-7(2)5-9-6-10(15-14-9)12-18-19-11(8(3)4)16-17-13(19)20-12/h7-18H,5-6H2,1-4H3. The lowest BCUT2D eigenvalue weighted by atomic mass is 10.00. The first kappa shape index (κ1) is 15.0. The summed E-state index contributed by atoms with van der Waals surface area (Å²) < 4.78 is 0. The summed E-state index contributed by atoms with van der Waals surface area (Å²) in [5, 5.41) is 2.76. The van der Waals surface area contributed by atoms with Crippen LogP contribution in [0.2, 0.25) is 0 Å². The number of hydrogen-bond donors (Lipinski definition) is 5. The SMILES string of the molecule is CC(C)CC1CC(C2NN3C(NNC3C(C)C)S2)NN1. The summed E-state index contributed by atoms with van der Waals surface area (Å²) in [5.74, 6) is 1.32. The van der Waals surface area contributed by atoms with Crippen LogP contribution in [0.4, 0.5) is 0 Å². The second-order valence-electron chi connectivity index (χ2n) is 6.88. The maximum atomic E-state index is 3.67. The van der Waals surface area contributed by atoms with E-state index in [4.69, 9.17) is 0 Å². The summed E-state index contributed by atoms with van der Waals surface area (Å²) in [6.07, 6.45) is 2.80. The van der Waals surface area contributed by atoms with Crippen LogP contribution in [0.25, 0.3) is 0 Å². The third kappa shape index (κ3) is 2.99. The van der Waals surface area contributed by atoms with Crippen LogP contribution in [-0.4, -0.2) is 34.1 Å². The third-order valence-corrected chi connectivity index (χ3v) is 5.55. The van der Waals surface area contributed by atoms with E-state index in [0.717, 1.165) is 5.92 Å². The van der Waals surface area contributed by atoms with Gasteiger partial charge in [-0.25, -0.2) is 16.3 Å². The van der Waals surface area contributed by atoms with Crippen LogP contribution in [0.15, 0.2) is 0 Å². The van der Waals surface area contributed by atoms with Crippen LogP contribution >= 0.6 is 11.8 Å². The molecule has 3 aliphatic rings. The first-order valence-electron chi connectivity index (χ1n) is 7.76. The molecule has 3 aliphatic heterocycles. The minimum absolute atomic E-state index is 0.332. The zero-order valence-electron chi connectivity index (χ0n) is 12.8. The van der Waals surface area contributed by atoms with Crippen molar-refractivity contribution >= 4 is 11.8 Å². The predicted molar refractivity (Wildman–Crippen MR) is 83.0 cm³/mol. The molecule has 0 saturated carbocycles. The molecule has 0 aromatic heterocycles. The molecule has 0 bridgehead atoms. The number of nitrogens with zero attached hydrogens (tertiary/aromatic N) is 1. The summed E-state index contributed by atoms with van der Waals surface area (Å²) in [5.41, 5.74) is 17.7. The van der Waals surface area contributed by atoms with Gasteiger partial charge in [-0.15, -0.1) is 11.8 Å². The fourth-order valence-corrected chi connectivity index (χ4v) is 4.54. The van der Waals surface area contributed by atoms with Gasteiger partial charge >= 0.3 is 0 Å². The quantitative estimate of drug-likeness (QED) is 0.519. The number of nitrogens with one attached hydrogen (secondary N) is 5. The van der Waals surface area contributed by atoms with E-state index < -0.39 is 0 Å². The number of rotatable bonds is 4. The van der Waals surface area contributed by atoms with E-state index in [9.17, 15) is 0 Å². The fourth-order valence-electron chi connectivity index (χ4n) is 3.25. The highest BCUT2D eigenvalue weighted by Crippen LogP contribution is 2.34. The summed E-state index contributed by atoms with van der Waals surface area (Å²) in [4.78, 5) is 0. The van der Waals surface area contributed by atoms with Crippen LogP contribution in [0.5, 0.6) is 0 Å². The maximum absolute atomic E-state index is 3.67. The first-order chi connectivity index (χ1) is 9.54.